The maximum Gasteiger partial charge on any atom is 0.224 e. The van der Waals surface area contributed by atoms with E-state index in [1.54, 1.807) is 4.90 Å². The molecule has 4 N–H and O–H groups in total. The Hall–Kier alpha value is -0.730. The summed E-state index contributed by atoms with van der Waals surface area (Å²) in [7, 11) is 0. The first-order valence-electron chi connectivity index (χ1n) is 18.6. The number of hydrogen-bond acceptors (Lipinski definition) is 6. The van der Waals surface area contributed by atoms with Crippen LogP contribution >= 0.6 is 0 Å². The first-order valence-corrected chi connectivity index (χ1v) is 18.6. The minimum absolute atomic E-state index is 0.0896. The van der Waals surface area contributed by atoms with Crippen molar-refractivity contribution in [2.75, 3.05) is 13.2 Å². The number of amides is 1. The van der Waals surface area contributed by atoms with Gasteiger partial charge in [0.2, 0.25) is 5.91 Å². The lowest BCUT2D eigenvalue weighted by Crippen LogP contribution is -2.64. The van der Waals surface area contributed by atoms with Gasteiger partial charge in [0.15, 0.2) is 6.23 Å². The van der Waals surface area contributed by atoms with E-state index >= 15 is 0 Å². The van der Waals surface area contributed by atoms with Gasteiger partial charge in [-0.3, -0.25) is 4.79 Å². The molecule has 1 aliphatic rings. The molecule has 7 heteroatoms. The van der Waals surface area contributed by atoms with E-state index in [2.05, 4.69) is 13.8 Å². The van der Waals surface area contributed by atoms with Gasteiger partial charge >= 0.3 is 0 Å². The summed E-state index contributed by atoms with van der Waals surface area (Å²) < 4.78 is 5.78. The first-order chi connectivity index (χ1) is 21.0. The van der Waals surface area contributed by atoms with E-state index in [9.17, 15) is 25.2 Å². The smallest absolute Gasteiger partial charge is 0.224 e. The Kier molecular flexibility index (Phi) is 25.8. The lowest BCUT2D eigenvalue weighted by atomic mass is 9.97. The summed E-state index contributed by atoms with van der Waals surface area (Å²) in [4.78, 5) is 14.9. The summed E-state index contributed by atoms with van der Waals surface area (Å²) in [5.41, 5.74) is 0. The molecule has 0 aromatic heterocycles. The maximum atomic E-state index is 13.3. The van der Waals surface area contributed by atoms with Gasteiger partial charge in [-0.25, -0.2) is 0 Å². The molecule has 0 unspecified atom stereocenters. The molecule has 1 rings (SSSR count). The average molecular weight is 614 g/mol. The highest BCUT2D eigenvalue weighted by Crippen LogP contribution is 2.25. The quantitative estimate of drug-likeness (QED) is 0.0641. The molecule has 1 saturated heterocycles. The number of rotatable bonds is 29. The molecule has 0 saturated carbocycles. The van der Waals surface area contributed by atoms with Gasteiger partial charge in [-0.05, 0) is 12.8 Å². The molecule has 7 nitrogen and oxygen atoms in total. The molecule has 0 aromatic carbocycles. The number of unbranched alkanes of at least 4 members (excludes halogenated alkanes) is 23. The Balaban J connectivity index is 2.33. The van der Waals surface area contributed by atoms with Crippen LogP contribution in [0.5, 0.6) is 0 Å². The van der Waals surface area contributed by atoms with E-state index in [-0.39, 0.29) is 5.91 Å². The highest BCUT2D eigenvalue weighted by molar-refractivity contribution is 5.76. The fraction of sp³-hybridized carbons (Fsp3) is 0.972. The molecule has 1 aliphatic heterocycles. The number of aliphatic hydroxyl groups is 4. The lowest BCUT2D eigenvalue weighted by molar-refractivity contribution is -0.262. The van der Waals surface area contributed by atoms with Crippen LogP contribution < -0.4 is 0 Å². The van der Waals surface area contributed by atoms with Gasteiger partial charge in [0.1, 0.15) is 24.4 Å². The molecule has 5 atom stereocenters. The molecule has 1 heterocycles. The van der Waals surface area contributed by atoms with Crippen molar-refractivity contribution < 1.29 is 30.0 Å². The second-order valence-corrected chi connectivity index (χ2v) is 13.2. The van der Waals surface area contributed by atoms with Crippen LogP contribution in [0.3, 0.4) is 0 Å². The van der Waals surface area contributed by atoms with Gasteiger partial charge < -0.3 is 30.1 Å². The monoisotopic (exact) mass is 614 g/mol. The Morgan fingerprint density at radius 2 is 0.907 bits per heavy atom. The number of carbonyl (C=O) groups is 1. The second kappa shape index (κ2) is 27.6. The minimum atomic E-state index is -1.47. The molecule has 1 fully saturated rings. The molecule has 0 aromatic rings. The van der Waals surface area contributed by atoms with Crippen LogP contribution in [0.1, 0.15) is 181 Å². The van der Waals surface area contributed by atoms with Crippen molar-refractivity contribution in [3.63, 3.8) is 0 Å². The standard InChI is InChI=1S/C36H71NO6/c1-3-5-7-9-11-13-14-15-16-17-18-19-21-23-25-27-29-37(36-35(42)34(41)33(40)31(30-38)43-36)32(39)28-26-24-22-20-12-10-8-6-4-2/h31,33-36,38,40-42H,3-30H2,1-2H3/t31-,33-,34+,35+,36-/m1/s1. The Labute approximate surface area is 265 Å². The van der Waals surface area contributed by atoms with Crippen LogP contribution in [0.15, 0.2) is 0 Å². The zero-order chi connectivity index (χ0) is 31.5. The topological polar surface area (TPSA) is 110 Å². The Morgan fingerprint density at radius 1 is 0.535 bits per heavy atom. The number of ether oxygens (including phenoxy) is 1. The van der Waals surface area contributed by atoms with Gasteiger partial charge in [0.05, 0.1) is 6.61 Å². The summed E-state index contributed by atoms with van der Waals surface area (Å²) >= 11 is 0. The predicted octanol–water partition coefficient (Wildman–Crippen LogP) is 7.80. The summed E-state index contributed by atoms with van der Waals surface area (Å²) in [6, 6.07) is 0. The van der Waals surface area contributed by atoms with E-state index in [1.807, 2.05) is 0 Å². The van der Waals surface area contributed by atoms with Gasteiger partial charge in [-0.15, -0.1) is 0 Å². The number of carbonyl (C=O) groups excluding carboxylic acids is 1. The van der Waals surface area contributed by atoms with Crippen molar-refractivity contribution in [2.24, 2.45) is 0 Å². The Morgan fingerprint density at radius 3 is 1.30 bits per heavy atom. The SMILES string of the molecule is CCCCCCCCCCCCCCCCCCN(C(=O)CCCCCCCCCCC)[C@@H]1O[C@H](CO)[C@@H](O)[C@H](O)[C@@H]1O. The number of aliphatic hydroxyl groups excluding tert-OH is 4. The van der Waals surface area contributed by atoms with Crippen molar-refractivity contribution in [2.45, 2.75) is 211 Å². The van der Waals surface area contributed by atoms with Gasteiger partial charge in [-0.2, -0.15) is 0 Å². The van der Waals surface area contributed by atoms with Crippen LogP contribution in [0.25, 0.3) is 0 Å². The van der Waals surface area contributed by atoms with E-state index in [4.69, 9.17) is 4.74 Å². The minimum Gasteiger partial charge on any atom is -0.394 e. The fourth-order valence-corrected chi connectivity index (χ4v) is 6.29. The molecule has 256 valence electrons. The third-order valence-corrected chi connectivity index (χ3v) is 9.24. The van der Waals surface area contributed by atoms with Crippen molar-refractivity contribution in [3.8, 4) is 0 Å². The number of hydrogen-bond donors (Lipinski definition) is 4. The summed E-state index contributed by atoms with van der Waals surface area (Å²) in [5.74, 6) is -0.0896. The lowest BCUT2D eigenvalue weighted by Gasteiger charge is -2.44. The average Bonchev–Trinajstić information content (AvgIpc) is 3.01. The van der Waals surface area contributed by atoms with E-state index in [0.717, 1.165) is 38.5 Å². The molecule has 0 spiro atoms. The van der Waals surface area contributed by atoms with Crippen molar-refractivity contribution in [3.05, 3.63) is 0 Å². The molecule has 0 aliphatic carbocycles. The van der Waals surface area contributed by atoms with E-state index in [1.165, 1.54) is 122 Å². The highest BCUT2D eigenvalue weighted by Gasteiger charge is 2.46. The number of nitrogens with zero attached hydrogens (tertiary/aromatic N) is 1. The summed E-state index contributed by atoms with van der Waals surface area (Å²) in [6.45, 7) is 4.45. The predicted molar refractivity (Wildman–Crippen MR) is 177 cm³/mol. The van der Waals surface area contributed by atoms with Crippen molar-refractivity contribution in [1.29, 1.82) is 0 Å². The van der Waals surface area contributed by atoms with E-state index in [0.29, 0.717) is 13.0 Å². The van der Waals surface area contributed by atoms with Gasteiger partial charge in [0, 0.05) is 13.0 Å². The van der Waals surface area contributed by atoms with Gasteiger partial charge in [-0.1, -0.05) is 162 Å². The molecule has 0 radical (unpaired) electrons. The molecule has 43 heavy (non-hydrogen) atoms. The molecular formula is C36H71NO6. The third-order valence-electron chi connectivity index (χ3n) is 9.24. The molecule has 0 bridgehead atoms. The summed E-state index contributed by atoms with van der Waals surface area (Å²) in [5, 5.41) is 40.9. The highest BCUT2D eigenvalue weighted by atomic mass is 16.6. The zero-order valence-corrected chi connectivity index (χ0v) is 28.2. The zero-order valence-electron chi connectivity index (χ0n) is 28.2. The van der Waals surface area contributed by atoms with Gasteiger partial charge in [0.25, 0.3) is 0 Å². The maximum absolute atomic E-state index is 13.3. The first kappa shape index (κ1) is 40.3. The van der Waals surface area contributed by atoms with E-state index < -0.39 is 37.3 Å². The van der Waals surface area contributed by atoms with Crippen LogP contribution in [0, 0.1) is 0 Å². The summed E-state index contributed by atoms with van der Waals surface area (Å²) in [6.07, 6.45) is 25.0. The Bertz CT molecular complexity index is 633. The molecule has 1 amide bonds. The van der Waals surface area contributed by atoms with Crippen LogP contribution in [0.4, 0.5) is 0 Å². The van der Waals surface area contributed by atoms with Crippen LogP contribution in [-0.4, -0.2) is 75.0 Å². The third kappa shape index (κ3) is 18.7. The largest absolute Gasteiger partial charge is 0.394 e. The fourth-order valence-electron chi connectivity index (χ4n) is 6.29. The van der Waals surface area contributed by atoms with Crippen molar-refractivity contribution >= 4 is 5.91 Å². The van der Waals surface area contributed by atoms with Crippen LogP contribution in [-0.2, 0) is 9.53 Å². The second-order valence-electron chi connectivity index (χ2n) is 13.2. The van der Waals surface area contributed by atoms with Crippen molar-refractivity contribution in [1.82, 2.24) is 4.90 Å². The normalized spacial score (nSPS) is 22.2. The molecular weight excluding hydrogens is 542 g/mol. The van der Waals surface area contributed by atoms with Crippen LogP contribution in [0.2, 0.25) is 0 Å².